The minimum absolute atomic E-state index is 0.273. The number of hydrogen-bond acceptors (Lipinski definition) is 4. The highest BCUT2D eigenvalue weighted by Gasteiger charge is 2.38. The Kier molecular flexibility index (Phi) is 6.08. The third kappa shape index (κ3) is 5.12. The van der Waals surface area contributed by atoms with Gasteiger partial charge in [-0.25, -0.2) is 0 Å². The molecule has 140 valence electrons. The molecule has 2 amide bonds. The van der Waals surface area contributed by atoms with Crippen LogP contribution in [0.4, 0.5) is 13.2 Å². The third-order valence-electron chi connectivity index (χ3n) is 3.93. The number of ether oxygens (including phenoxy) is 1. The second-order valence-corrected chi connectivity index (χ2v) is 5.92. The van der Waals surface area contributed by atoms with Crippen LogP contribution in [0.15, 0.2) is 24.3 Å². The summed E-state index contributed by atoms with van der Waals surface area (Å²) in [7, 11) is 0. The number of carbonyl (C=O) groups excluding carboxylic acids is 2. The zero-order valence-electron chi connectivity index (χ0n) is 14.0. The van der Waals surface area contributed by atoms with Crippen LogP contribution in [0, 0.1) is 11.3 Å². The zero-order valence-corrected chi connectivity index (χ0v) is 14.0. The normalized spacial score (nSPS) is 18.1. The van der Waals surface area contributed by atoms with Gasteiger partial charge in [-0.1, -0.05) is 6.07 Å². The molecule has 0 aliphatic carbocycles. The molecule has 0 aromatic heterocycles. The highest BCUT2D eigenvalue weighted by molar-refractivity contribution is 5.90. The molecule has 0 spiro atoms. The number of halogens is 3. The molecule has 1 fully saturated rings. The summed E-state index contributed by atoms with van der Waals surface area (Å²) in [6, 6.07) is 7.26. The van der Waals surface area contributed by atoms with Gasteiger partial charge in [-0.2, -0.15) is 18.4 Å². The van der Waals surface area contributed by atoms with E-state index in [-0.39, 0.29) is 6.54 Å². The summed E-state index contributed by atoms with van der Waals surface area (Å²) < 4.78 is 42.3. The SMILES string of the molecule is C[C@@H](Oc1cccc(C#N)c1)C(=O)N1CCC[C@@H]1C(=O)NCC(F)(F)F. The molecule has 1 aromatic rings. The molecule has 1 aliphatic heterocycles. The maximum Gasteiger partial charge on any atom is 0.405 e. The molecule has 1 aliphatic rings. The van der Waals surface area contributed by atoms with E-state index in [1.807, 2.05) is 11.4 Å². The molecule has 2 rings (SSSR count). The van der Waals surface area contributed by atoms with Crippen molar-refractivity contribution >= 4 is 11.8 Å². The predicted molar refractivity (Wildman–Crippen MR) is 85.0 cm³/mol. The van der Waals surface area contributed by atoms with Crippen LogP contribution in [0.1, 0.15) is 25.3 Å². The summed E-state index contributed by atoms with van der Waals surface area (Å²) >= 11 is 0. The number of rotatable bonds is 5. The Balaban J connectivity index is 2.00. The van der Waals surface area contributed by atoms with E-state index >= 15 is 0 Å². The van der Waals surface area contributed by atoms with Crippen LogP contribution in [-0.4, -0.2) is 48.1 Å². The number of nitrogens with zero attached hydrogens (tertiary/aromatic N) is 2. The molecular formula is C17H18F3N3O3. The quantitative estimate of drug-likeness (QED) is 0.861. The first-order chi connectivity index (χ1) is 12.2. The molecule has 0 radical (unpaired) electrons. The van der Waals surface area contributed by atoms with Crippen molar-refractivity contribution in [3.05, 3.63) is 29.8 Å². The van der Waals surface area contributed by atoms with E-state index in [0.717, 1.165) is 0 Å². The second-order valence-electron chi connectivity index (χ2n) is 5.92. The number of hydrogen-bond donors (Lipinski definition) is 1. The predicted octanol–water partition coefficient (Wildman–Crippen LogP) is 2.00. The molecule has 0 saturated carbocycles. The van der Waals surface area contributed by atoms with E-state index < -0.39 is 36.7 Å². The van der Waals surface area contributed by atoms with Gasteiger partial charge in [0, 0.05) is 6.54 Å². The van der Waals surface area contributed by atoms with Crippen LogP contribution in [-0.2, 0) is 9.59 Å². The largest absolute Gasteiger partial charge is 0.481 e. The summed E-state index contributed by atoms with van der Waals surface area (Å²) in [5.74, 6) is -0.994. The monoisotopic (exact) mass is 369 g/mol. The fraction of sp³-hybridized carbons (Fsp3) is 0.471. The summed E-state index contributed by atoms with van der Waals surface area (Å²) in [4.78, 5) is 25.8. The molecule has 1 saturated heterocycles. The van der Waals surface area contributed by atoms with Gasteiger partial charge in [-0.15, -0.1) is 0 Å². The lowest BCUT2D eigenvalue weighted by Gasteiger charge is -2.27. The molecule has 1 aromatic carbocycles. The standard InChI is InChI=1S/C17H18F3N3O3/c1-11(26-13-5-2-4-12(8-13)9-21)16(25)23-7-3-6-14(23)15(24)22-10-17(18,19)20/h2,4-5,8,11,14H,3,6-7,10H2,1H3,(H,22,24)/t11-,14-/m1/s1. The Morgan fingerprint density at radius 2 is 2.19 bits per heavy atom. The molecule has 0 unspecified atom stereocenters. The molecule has 9 heteroatoms. The van der Waals surface area contributed by atoms with Gasteiger partial charge in [0.25, 0.3) is 5.91 Å². The summed E-state index contributed by atoms with van der Waals surface area (Å²) in [6.45, 7) is 0.330. The van der Waals surface area contributed by atoms with Crippen molar-refractivity contribution in [1.82, 2.24) is 10.2 Å². The smallest absolute Gasteiger partial charge is 0.405 e. The topological polar surface area (TPSA) is 82.4 Å². The van der Waals surface area contributed by atoms with E-state index in [2.05, 4.69) is 0 Å². The molecule has 1 heterocycles. The van der Waals surface area contributed by atoms with Crippen molar-refractivity contribution in [3.8, 4) is 11.8 Å². The van der Waals surface area contributed by atoms with Gasteiger partial charge in [-0.05, 0) is 38.0 Å². The van der Waals surface area contributed by atoms with E-state index in [9.17, 15) is 22.8 Å². The Morgan fingerprint density at radius 3 is 2.85 bits per heavy atom. The fourth-order valence-corrected chi connectivity index (χ4v) is 2.74. The van der Waals surface area contributed by atoms with Crippen LogP contribution in [0.2, 0.25) is 0 Å². The number of alkyl halides is 3. The van der Waals surface area contributed by atoms with Crippen LogP contribution in [0.3, 0.4) is 0 Å². The van der Waals surface area contributed by atoms with Crippen molar-refractivity contribution in [2.45, 2.75) is 38.1 Å². The highest BCUT2D eigenvalue weighted by Crippen LogP contribution is 2.21. The van der Waals surface area contributed by atoms with E-state index in [4.69, 9.17) is 10.00 Å². The molecular weight excluding hydrogens is 351 g/mol. The van der Waals surface area contributed by atoms with Crippen LogP contribution >= 0.6 is 0 Å². The van der Waals surface area contributed by atoms with Crippen molar-refractivity contribution in [2.24, 2.45) is 0 Å². The number of likely N-dealkylation sites (tertiary alicyclic amines) is 1. The Morgan fingerprint density at radius 1 is 1.46 bits per heavy atom. The first-order valence-electron chi connectivity index (χ1n) is 8.03. The van der Waals surface area contributed by atoms with Gasteiger partial charge < -0.3 is 15.0 Å². The molecule has 6 nitrogen and oxygen atoms in total. The molecule has 1 N–H and O–H groups in total. The Hall–Kier alpha value is -2.76. The highest BCUT2D eigenvalue weighted by atomic mass is 19.4. The van der Waals surface area contributed by atoms with Crippen molar-refractivity contribution in [1.29, 1.82) is 5.26 Å². The van der Waals surface area contributed by atoms with E-state index in [1.54, 1.807) is 18.2 Å². The second kappa shape index (κ2) is 8.08. The lowest BCUT2D eigenvalue weighted by atomic mass is 10.2. The van der Waals surface area contributed by atoms with E-state index in [0.29, 0.717) is 24.2 Å². The number of nitrogens with one attached hydrogen (secondary N) is 1. The Labute approximate surface area is 148 Å². The average molecular weight is 369 g/mol. The van der Waals surface area contributed by atoms with Crippen LogP contribution < -0.4 is 10.1 Å². The van der Waals surface area contributed by atoms with Gasteiger partial charge in [0.1, 0.15) is 18.3 Å². The van der Waals surface area contributed by atoms with Gasteiger partial charge in [0.15, 0.2) is 6.10 Å². The van der Waals surface area contributed by atoms with Gasteiger partial charge in [-0.3, -0.25) is 9.59 Å². The van der Waals surface area contributed by atoms with E-state index in [1.165, 1.54) is 17.9 Å². The first-order valence-corrected chi connectivity index (χ1v) is 8.03. The molecule has 2 atom stereocenters. The van der Waals surface area contributed by atoms with Gasteiger partial charge in [0.05, 0.1) is 11.6 Å². The fourth-order valence-electron chi connectivity index (χ4n) is 2.74. The first kappa shape index (κ1) is 19.6. The molecule has 26 heavy (non-hydrogen) atoms. The summed E-state index contributed by atoms with van der Waals surface area (Å²) in [5, 5.41) is 10.7. The van der Waals surface area contributed by atoms with Crippen LogP contribution in [0.25, 0.3) is 0 Å². The number of benzene rings is 1. The average Bonchev–Trinajstić information content (AvgIpc) is 3.08. The number of carbonyl (C=O) groups is 2. The Bertz CT molecular complexity index is 715. The van der Waals surface area contributed by atoms with Gasteiger partial charge >= 0.3 is 6.18 Å². The number of nitriles is 1. The number of amides is 2. The molecule has 0 bridgehead atoms. The zero-order chi connectivity index (χ0) is 19.3. The van der Waals surface area contributed by atoms with Crippen molar-refractivity contribution in [2.75, 3.05) is 13.1 Å². The lowest BCUT2D eigenvalue weighted by molar-refractivity contribution is -0.147. The van der Waals surface area contributed by atoms with Crippen molar-refractivity contribution < 1.29 is 27.5 Å². The maximum absolute atomic E-state index is 12.6. The maximum atomic E-state index is 12.6. The summed E-state index contributed by atoms with van der Waals surface area (Å²) in [5.41, 5.74) is 0.368. The minimum atomic E-state index is -4.51. The minimum Gasteiger partial charge on any atom is -0.481 e. The third-order valence-corrected chi connectivity index (χ3v) is 3.93. The summed E-state index contributed by atoms with van der Waals surface area (Å²) in [6.07, 6.45) is -4.64. The van der Waals surface area contributed by atoms with Crippen molar-refractivity contribution in [3.63, 3.8) is 0 Å². The lowest BCUT2D eigenvalue weighted by Crippen LogP contribution is -2.50. The van der Waals surface area contributed by atoms with Crippen LogP contribution in [0.5, 0.6) is 5.75 Å². The van der Waals surface area contributed by atoms with Gasteiger partial charge in [0.2, 0.25) is 5.91 Å².